The van der Waals surface area contributed by atoms with Crippen LogP contribution in [0, 0.1) is 0 Å². The smallest absolute Gasteiger partial charge is 0.335 e. The molecule has 0 aliphatic carbocycles. The van der Waals surface area contributed by atoms with Crippen LogP contribution in [-0.4, -0.2) is 65.5 Å². The second-order valence-corrected chi connectivity index (χ2v) is 6.97. The summed E-state index contributed by atoms with van der Waals surface area (Å²) in [5.41, 5.74) is 6.12. The molecule has 1 aliphatic rings. The Hall–Kier alpha value is -1.60. The summed E-state index contributed by atoms with van der Waals surface area (Å²) in [6, 6.07) is 5.54. The topological polar surface area (TPSA) is 179 Å². The number of nitrogens with two attached hydrogens (primary N) is 1. The van der Waals surface area contributed by atoms with Crippen LogP contribution in [0.2, 0.25) is 0 Å². The molecule has 0 bridgehead atoms. The van der Waals surface area contributed by atoms with Gasteiger partial charge in [0.25, 0.3) is 0 Å². The van der Waals surface area contributed by atoms with Crippen molar-refractivity contribution in [1.29, 1.82) is 0 Å². The summed E-state index contributed by atoms with van der Waals surface area (Å²) in [6.45, 7) is 0.225. The predicted molar refractivity (Wildman–Crippen MR) is 79.0 cm³/mol. The minimum atomic E-state index is -4.17. The van der Waals surface area contributed by atoms with E-state index >= 15 is 0 Å². The number of benzene rings is 1. The Kier molecular flexibility index (Phi) is 5.55. The molecule has 0 saturated carbocycles. The number of carbonyl (C=O) groups is 1. The van der Waals surface area contributed by atoms with Crippen LogP contribution in [-0.2, 0) is 26.1 Å². The van der Waals surface area contributed by atoms with E-state index < -0.39 is 46.6 Å². The minimum absolute atomic E-state index is 0.164. The number of hydrogen-bond donors (Lipinski definition) is 6. The molecule has 0 radical (unpaired) electrons. The van der Waals surface area contributed by atoms with E-state index in [4.69, 9.17) is 15.6 Å². The van der Waals surface area contributed by atoms with E-state index in [1.165, 1.54) is 24.3 Å². The first-order valence-corrected chi connectivity index (χ1v) is 8.39. The number of sulfonamides is 1. The van der Waals surface area contributed by atoms with Crippen molar-refractivity contribution in [3.8, 4) is 0 Å². The maximum Gasteiger partial charge on any atom is 0.335 e. The van der Waals surface area contributed by atoms with Gasteiger partial charge in [0, 0.05) is 6.54 Å². The molecular formula is C13H18N2O8S. The zero-order valence-corrected chi connectivity index (χ0v) is 13.1. The highest BCUT2D eigenvalue weighted by molar-refractivity contribution is 7.89. The van der Waals surface area contributed by atoms with Gasteiger partial charge in [0.1, 0.15) is 18.3 Å². The molecule has 5 unspecified atom stereocenters. The fraction of sp³-hybridized carbons (Fsp3) is 0.462. The number of carboxylic acids is 1. The normalized spacial score (nSPS) is 30.9. The van der Waals surface area contributed by atoms with Crippen molar-refractivity contribution in [3.63, 3.8) is 0 Å². The van der Waals surface area contributed by atoms with Crippen LogP contribution in [0.25, 0.3) is 0 Å². The van der Waals surface area contributed by atoms with Crippen LogP contribution < -0.4 is 10.5 Å². The first-order chi connectivity index (χ1) is 11.2. The average molecular weight is 362 g/mol. The van der Waals surface area contributed by atoms with E-state index in [9.17, 15) is 28.5 Å². The number of nitrogens with one attached hydrogen (secondary N) is 1. The van der Waals surface area contributed by atoms with Gasteiger partial charge in [0.05, 0.1) is 4.90 Å². The van der Waals surface area contributed by atoms with Crippen molar-refractivity contribution in [2.45, 2.75) is 42.1 Å². The number of rotatable bonds is 5. The maximum absolute atomic E-state index is 12.3. The lowest BCUT2D eigenvalue weighted by atomic mass is 9.98. The lowest BCUT2D eigenvalue weighted by Crippen LogP contribution is -2.64. The minimum Gasteiger partial charge on any atom is -0.479 e. The molecule has 0 spiro atoms. The van der Waals surface area contributed by atoms with Crippen LogP contribution in [0.4, 0.5) is 0 Å². The fourth-order valence-electron chi connectivity index (χ4n) is 2.21. The third kappa shape index (κ3) is 3.72. The predicted octanol–water partition coefficient (Wildman–Crippen LogP) is -2.68. The standard InChI is InChI=1S/C13H18N2O8S/c14-5-6-1-3-7(4-2-6)24(21,22)15-12-10(18)8(16)9(17)11(23-12)13(19)20/h1-4,8-12,15-18H,5,14H2,(H,19,20). The van der Waals surface area contributed by atoms with Crippen LogP contribution in [0.5, 0.6) is 0 Å². The van der Waals surface area contributed by atoms with Gasteiger partial charge < -0.3 is 30.9 Å². The van der Waals surface area contributed by atoms with Gasteiger partial charge in [-0.15, -0.1) is 0 Å². The van der Waals surface area contributed by atoms with Gasteiger partial charge in [-0.1, -0.05) is 12.1 Å². The Labute approximate surface area is 137 Å². The molecule has 7 N–H and O–H groups in total. The summed E-state index contributed by atoms with van der Waals surface area (Å²) < 4.78 is 31.4. The summed E-state index contributed by atoms with van der Waals surface area (Å²) in [5, 5.41) is 38.0. The third-order valence-electron chi connectivity index (χ3n) is 3.60. The van der Waals surface area contributed by atoms with Crippen molar-refractivity contribution in [1.82, 2.24) is 4.72 Å². The highest BCUT2D eigenvalue weighted by Crippen LogP contribution is 2.22. The molecule has 1 aliphatic heterocycles. The van der Waals surface area contributed by atoms with Crippen LogP contribution in [0.3, 0.4) is 0 Å². The number of hydrogen-bond acceptors (Lipinski definition) is 8. The third-order valence-corrected chi connectivity index (χ3v) is 5.03. The second kappa shape index (κ2) is 7.11. The van der Waals surface area contributed by atoms with Gasteiger partial charge in [0.2, 0.25) is 10.0 Å². The fourth-order valence-corrected chi connectivity index (χ4v) is 3.34. The van der Waals surface area contributed by atoms with Crippen molar-refractivity contribution in [3.05, 3.63) is 29.8 Å². The SMILES string of the molecule is NCc1ccc(S(=O)(=O)NC2OC(C(=O)O)C(O)C(O)C2O)cc1. The summed E-state index contributed by atoms with van der Waals surface area (Å²) in [6.07, 6.45) is -9.29. The van der Waals surface area contributed by atoms with E-state index in [2.05, 4.69) is 0 Å². The molecule has 11 heteroatoms. The zero-order chi connectivity index (χ0) is 18.1. The van der Waals surface area contributed by atoms with Crippen LogP contribution >= 0.6 is 0 Å². The Morgan fingerprint density at radius 2 is 1.71 bits per heavy atom. The molecule has 5 atom stereocenters. The van der Waals surface area contributed by atoms with Crippen LogP contribution in [0.15, 0.2) is 29.2 Å². The Balaban J connectivity index is 2.22. The molecule has 1 heterocycles. The van der Waals surface area contributed by atoms with Crippen LogP contribution in [0.1, 0.15) is 5.56 Å². The van der Waals surface area contributed by atoms with Crippen molar-refractivity contribution in [2.75, 3.05) is 0 Å². The van der Waals surface area contributed by atoms with Gasteiger partial charge in [-0.2, -0.15) is 4.72 Å². The molecule has 134 valence electrons. The first-order valence-electron chi connectivity index (χ1n) is 6.91. The molecular weight excluding hydrogens is 344 g/mol. The Morgan fingerprint density at radius 3 is 2.21 bits per heavy atom. The molecule has 2 rings (SSSR count). The van der Waals surface area contributed by atoms with Crippen molar-refractivity contribution < 1.29 is 38.4 Å². The quantitative estimate of drug-likeness (QED) is 0.325. The molecule has 1 aromatic rings. The van der Waals surface area contributed by atoms with E-state index in [1.54, 1.807) is 0 Å². The van der Waals surface area contributed by atoms with E-state index in [-0.39, 0.29) is 11.4 Å². The lowest BCUT2D eigenvalue weighted by molar-refractivity contribution is -0.229. The number of carboxylic acid groups (broad SMARTS) is 1. The molecule has 24 heavy (non-hydrogen) atoms. The van der Waals surface area contributed by atoms with Gasteiger partial charge >= 0.3 is 5.97 Å². The summed E-state index contributed by atoms with van der Waals surface area (Å²) in [4.78, 5) is 10.8. The molecule has 1 saturated heterocycles. The molecule has 10 nitrogen and oxygen atoms in total. The maximum atomic E-state index is 12.3. The van der Waals surface area contributed by atoms with E-state index in [0.29, 0.717) is 5.56 Å². The Bertz CT molecular complexity index is 692. The lowest BCUT2D eigenvalue weighted by Gasteiger charge is -2.38. The molecule has 0 amide bonds. The summed E-state index contributed by atoms with van der Waals surface area (Å²) in [5.74, 6) is -1.61. The van der Waals surface area contributed by atoms with Gasteiger partial charge in [0.15, 0.2) is 12.3 Å². The zero-order valence-electron chi connectivity index (χ0n) is 12.3. The number of ether oxygens (including phenoxy) is 1. The summed E-state index contributed by atoms with van der Waals surface area (Å²) >= 11 is 0. The number of aliphatic carboxylic acids is 1. The highest BCUT2D eigenvalue weighted by atomic mass is 32.2. The molecule has 1 aromatic carbocycles. The Morgan fingerprint density at radius 1 is 1.12 bits per heavy atom. The van der Waals surface area contributed by atoms with Crippen molar-refractivity contribution in [2.24, 2.45) is 5.73 Å². The molecule has 1 fully saturated rings. The molecule has 0 aromatic heterocycles. The average Bonchev–Trinajstić information content (AvgIpc) is 2.55. The van der Waals surface area contributed by atoms with Gasteiger partial charge in [-0.3, -0.25) is 0 Å². The first kappa shape index (κ1) is 18.7. The highest BCUT2D eigenvalue weighted by Gasteiger charge is 2.48. The summed E-state index contributed by atoms with van der Waals surface area (Å²) in [7, 11) is -4.17. The largest absolute Gasteiger partial charge is 0.479 e. The number of aliphatic hydroxyl groups is 3. The monoisotopic (exact) mass is 362 g/mol. The van der Waals surface area contributed by atoms with Gasteiger partial charge in [-0.05, 0) is 17.7 Å². The van der Waals surface area contributed by atoms with Crippen molar-refractivity contribution >= 4 is 16.0 Å². The van der Waals surface area contributed by atoms with E-state index in [1.807, 2.05) is 4.72 Å². The number of aliphatic hydroxyl groups excluding tert-OH is 3. The van der Waals surface area contributed by atoms with E-state index in [0.717, 1.165) is 0 Å². The van der Waals surface area contributed by atoms with Gasteiger partial charge in [-0.25, -0.2) is 13.2 Å². The second-order valence-electron chi connectivity index (χ2n) is 5.26.